The maximum Gasteiger partial charge on any atom is 0.217 e. The Balaban J connectivity index is 1.51. The first kappa shape index (κ1) is 18.3. The highest BCUT2D eigenvalue weighted by molar-refractivity contribution is 5.72. The van der Waals surface area contributed by atoms with Crippen molar-refractivity contribution in [1.82, 2.24) is 10.2 Å². The predicted molar refractivity (Wildman–Crippen MR) is 104 cm³/mol. The molecule has 26 heavy (non-hydrogen) atoms. The molecule has 1 aliphatic heterocycles. The lowest BCUT2D eigenvalue weighted by Crippen LogP contribution is -2.46. The molecule has 0 atom stereocenters. The van der Waals surface area contributed by atoms with Gasteiger partial charge < -0.3 is 15.0 Å². The van der Waals surface area contributed by atoms with Crippen molar-refractivity contribution in [2.24, 2.45) is 0 Å². The number of piperazine rings is 1. The largest absolute Gasteiger partial charge is 0.495 e. The SMILES string of the molecule is COc1ccccc1N1CCN(Cc2ccc(CNC(C)=O)cc2)CC1. The molecule has 1 aliphatic rings. The number of methoxy groups -OCH3 is 1. The molecule has 0 spiro atoms. The first-order chi connectivity index (χ1) is 12.7. The second kappa shape index (κ2) is 8.72. The maximum atomic E-state index is 11.0. The maximum absolute atomic E-state index is 11.0. The highest BCUT2D eigenvalue weighted by Gasteiger charge is 2.19. The number of hydrogen-bond acceptors (Lipinski definition) is 4. The summed E-state index contributed by atoms with van der Waals surface area (Å²) in [4.78, 5) is 15.9. The van der Waals surface area contributed by atoms with E-state index in [2.05, 4.69) is 51.5 Å². The quantitative estimate of drug-likeness (QED) is 0.867. The molecule has 1 saturated heterocycles. The third-order valence-electron chi connectivity index (χ3n) is 4.77. The van der Waals surface area contributed by atoms with Crippen LogP contribution in [0.25, 0.3) is 0 Å². The zero-order valence-electron chi connectivity index (χ0n) is 15.6. The molecule has 138 valence electrons. The normalized spacial score (nSPS) is 14.9. The number of nitrogens with zero attached hydrogens (tertiary/aromatic N) is 2. The third kappa shape index (κ3) is 4.76. The van der Waals surface area contributed by atoms with Gasteiger partial charge in [0.05, 0.1) is 12.8 Å². The minimum absolute atomic E-state index is 0.00185. The van der Waals surface area contributed by atoms with Crippen molar-refractivity contribution in [1.29, 1.82) is 0 Å². The molecule has 0 aliphatic carbocycles. The van der Waals surface area contributed by atoms with Crippen LogP contribution >= 0.6 is 0 Å². The highest BCUT2D eigenvalue weighted by Crippen LogP contribution is 2.28. The number of carbonyl (C=O) groups excluding carboxylic acids is 1. The molecule has 3 rings (SSSR count). The summed E-state index contributed by atoms with van der Waals surface area (Å²) >= 11 is 0. The summed E-state index contributed by atoms with van der Waals surface area (Å²) in [6.45, 7) is 7.16. The minimum Gasteiger partial charge on any atom is -0.495 e. The summed E-state index contributed by atoms with van der Waals surface area (Å²) in [6, 6.07) is 16.7. The number of benzene rings is 2. The van der Waals surface area contributed by atoms with Gasteiger partial charge in [-0.05, 0) is 23.3 Å². The molecule has 2 aromatic rings. The van der Waals surface area contributed by atoms with Gasteiger partial charge >= 0.3 is 0 Å². The number of hydrogen-bond donors (Lipinski definition) is 1. The number of carbonyl (C=O) groups is 1. The number of para-hydroxylation sites is 2. The van der Waals surface area contributed by atoms with Gasteiger partial charge in [-0.15, -0.1) is 0 Å². The number of anilines is 1. The van der Waals surface area contributed by atoms with Gasteiger partial charge in [-0.1, -0.05) is 36.4 Å². The van der Waals surface area contributed by atoms with Gasteiger partial charge in [0.1, 0.15) is 5.75 Å². The van der Waals surface area contributed by atoms with Gasteiger partial charge in [-0.3, -0.25) is 9.69 Å². The average molecular weight is 353 g/mol. The summed E-state index contributed by atoms with van der Waals surface area (Å²) in [5, 5.41) is 2.83. The fraction of sp³-hybridized carbons (Fsp3) is 0.381. The predicted octanol–water partition coefficient (Wildman–Crippen LogP) is 2.65. The molecular formula is C21H27N3O2. The second-order valence-electron chi connectivity index (χ2n) is 6.66. The Labute approximate surface area is 155 Å². The Bertz CT molecular complexity index is 722. The van der Waals surface area contributed by atoms with Crippen molar-refractivity contribution >= 4 is 11.6 Å². The number of ether oxygens (including phenoxy) is 1. The lowest BCUT2D eigenvalue weighted by molar-refractivity contribution is -0.119. The molecule has 5 heteroatoms. The van der Waals surface area contributed by atoms with Crippen LogP contribution in [0.2, 0.25) is 0 Å². The molecule has 0 saturated carbocycles. The number of amides is 1. The van der Waals surface area contributed by atoms with E-state index in [1.165, 1.54) is 11.3 Å². The smallest absolute Gasteiger partial charge is 0.217 e. The summed E-state index contributed by atoms with van der Waals surface area (Å²) in [7, 11) is 1.73. The molecule has 1 heterocycles. The van der Waals surface area contributed by atoms with E-state index in [9.17, 15) is 4.79 Å². The van der Waals surface area contributed by atoms with Gasteiger partial charge in [0, 0.05) is 46.2 Å². The third-order valence-corrected chi connectivity index (χ3v) is 4.77. The van der Waals surface area contributed by atoms with Crippen LogP contribution in [0.5, 0.6) is 5.75 Å². The zero-order chi connectivity index (χ0) is 18.4. The van der Waals surface area contributed by atoms with Gasteiger partial charge in [-0.2, -0.15) is 0 Å². The van der Waals surface area contributed by atoms with Gasteiger partial charge in [0.15, 0.2) is 0 Å². The molecule has 5 nitrogen and oxygen atoms in total. The average Bonchev–Trinajstić information content (AvgIpc) is 2.68. The van der Waals surface area contributed by atoms with Gasteiger partial charge in [-0.25, -0.2) is 0 Å². The Hall–Kier alpha value is -2.53. The first-order valence-electron chi connectivity index (χ1n) is 9.08. The monoisotopic (exact) mass is 353 g/mol. The number of nitrogens with one attached hydrogen (secondary N) is 1. The summed E-state index contributed by atoms with van der Waals surface area (Å²) < 4.78 is 5.49. The van der Waals surface area contributed by atoms with Crippen LogP contribution in [0.15, 0.2) is 48.5 Å². The van der Waals surface area contributed by atoms with Crippen LogP contribution in [-0.4, -0.2) is 44.1 Å². The summed E-state index contributed by atoms with van der Waals surface area (Å²) in [5.41, 5.74) is 3.62. The van der Waals surface area contributed by atoms with Crippen LogP contribution in [0.1, 0.15) is 18.1 Å². The van der Waals surface area contributed by atoms with E-state index in [-0.39, 0.29) is 5.91 Å². The van der Waals surface area contributed by atoms with Crippen LogP contribution in [0.3, 0.4) is 0 Å². The molecule has 1 fully saturated rings. The summed E-state index contributed by atoms with van der Waals surface area (Å²) in [5.74, 6) is 0.942. The molecule has 0 aromatic heterocycles. The topological polar surface area (TPSA) is 44.8 Å². The van der Waals surface area contributed by atoms with Gasteiger partial charge in [0.25, 0.3) is 0 Å². The molecular weight excluding hydrogens is 326 g/mol. The van der Waals surface area contributed by atoms with Crippen molar-refractivity contribution < 1.29 is 9.53 Å². The standard InChI is InChI=1S/C21H27N3O2/c1-17(25)22-15-18-7-9-19(10-8-18)16-23-11-13-24(14-12-23)20-5-3-4-6-21(20)26-2/h3-10H,11-16H2,1-2H3,(H,22,25). The Kier molecular flexibility index (Phi) is 6.12. The van der Waals surface area contributed by atoms with E-state index in [0.29, 0.717) is 6.54 Å². The second-order valence-corrected chi connectivity index (χ2v) is 6.66. The Morgan fingerprint density at radius 2 is 1.65 bits per heavy atom. The fourth-order valence-corrected chi connectivity index (χ4v) is 3.29. The van der Waals surface area contributed by atoms with Crippen LogP contribution in [0.4, 0.5) is 5.69 Å². The molecule has 0 unspecified atom stereocenters. The Morgan fingerprint density at radius 3 is 2.31 bits per heavy atom. The number of rotatable bonds is 6. The van der Waals surface area contributed by atoms with Crippen LogP contribution in [-0.2, 0) is 17.9 Å². The lowest BCUT2D eigenvalue weighted by Gasteiger charge is -2.36. The van der Waals surface area contributed by atoms with Crippen molar-refractivity contribution in [2.75, 3.05) is 38.2 Å². The van der Waals surface area contributed by atoms with E-state index < -0.39 is 0 Å². The van der Waals surface area contributed by atoms with Crippen molar-refractivity contribution in [3.8, 4) is 5.75 Å². The van der Waals surface area contributed by atoms with Crippen molar-refractivity contribution in [2.45, 2.75) is 20.0 Å². The van der Waals surface area contributed by atoms with E-state index in [1.807, 2.05) is 12.1 Å². The molecule has 0 bridgehead atoms. The minimum atomic E-state index is 0.00185. The molecule has 0 radical (unpaired) electrons. The first-order valence-corrected chi connectivity index (χ1v) is 9.08. The molecule has 2 aromatic carbocycles. The van der Waals surface area contributed by atoms with E-state index in [0.717, 1.165) is 44.0 Å². The Morgan fingerprint density at radius 1 is 1.00 bits per heavy atom. The van der Waals surface area contributed by atoms with Crippen molar-refractivity contribution in [3.05, 3.63) is 59.7 Å². The zero-order valence-corrected chi connectivity index (χ0v) is 15.6. The highest BCUT2D eigenvalue weighted by atomic mass is 16.5. The summed E-state index contributed by atoms with van der Waals surface area (Å²) in [6.07, 6.45) is 0. The van der Waals surface area contributed by atoms with Gasteiger partial charge in [0.2, 0.25) is 5.91 Å². The van der Waals surface area contributed by atoms with Crippen molar-refractivity contribution in [3.63, 3.8) is 0 Å². The van der Waals surface area contributed by atoms with E-state index >= 15 is 0 Å². The molecule has 1 amide bonds. The fourth-order valence-electron chi connectivity index (χ4n) is 3.29. The van der Waals surface area contributed by atoms with Crippen LogP contribution in [0, 0.1) is 0 Å². The van der Waals surface area contributed by atoms with E-state index in [1.54, 1.807) is 14.0 Å². The molecule has 1 N–H and O–H groups in total. The van der Waals surface area contributed by atoms with E-state index in [4.69, 9.17) is 4.74 Å². The lowest BCUT2D eigenvalue weighted by atomic mass is 10.1. The van der Waals surface area contributed by atoms with Crippen LogP contribution < -0.4 is 15.0 Å².